The molecule has 1 amide bonds. The van der Waals surface area contributed by atoms with Crippen molar-refractivity contribution in [2.24, 2.45) is 0 Å². The average Bonchev–Trinajstić information content (AvgIpc) is 2.38. The van der Waals surface area contributed by atoms with E-state index < -0.39 is 33.2 Å². The molecule has 8 nitrogen and oxygen atoms in total. The highest BCUT2D eigenvalue weighted by Crippen LogP contribution is 2.15. The number of carboxylic acids is 1. The van der Waals surface area contributed by atoms with E-state index in [4.69, 9.17) is 5.11 Å². The summed E-state index contributed by atoms with van der Waals surface area (Å²) in [6.07, 6.45) is 0. The Kier molecular flexibility index (Phi) is 5.27. The van der Waals surface area contributed by atoms with E-state index in [1.807, 2.05) is 0 Å². The molecule has 1 fully saturated rings. The number of rotatable bonds is 5. The highest BCUT2D eigenvalue weighted by Gasteiger charge is 2.41. The zero-order valence-corrected chi connectivity index (χ0v) is 11.7. The van der Waals surface area contributed by atoms with Gasteiger partial charge in [-0.1, -0.05) is 0 Å². The molecule has 1 rings (SSSR count). The number of aliphatic carboxylic acids is 1. The molecule has 0 bridgehead atoms. The van der Waals surface area contributed by atoms with Crippen LogP contribution in [0.5, 0.6) is 0 Å². The van der Waals surface area contributed by atoms with Crippen LogP contribution in [0.1, 0.15) is 13.8 Å². The topological polar surface area (TPSA) is 116 Å². The average molecular weight is 293 g/mol. The molecule has 1 heterocycles. The fourth-order valence-electron chi connectivity index (χ4n) is 1.84. The second kappa shape index (κ2) is 6.31. The molecule has 1 aliphatic heterocycles. The van der Waals surface area contributed by atoms with Crippen LogP contribution in [0.25, 0.3) is 0 Å². The lowest BCUT2D eigenvalue weighted by molar-refractivity contribution is -0.136. The van der Waals surface area contributed by atoms with Gasteiger partial charge in [-0.15, -0.1) is 0 Å². The van der Waals surface area contributed by atoms with Crippen molar-refractivity contribution in [3.8, 4) is 0 Å². The van der Waals surface area contributed by atoms with Crippen molar-refractivity contribution in [3.63, 3.8) is 0 Å². The third kappa shape index (κ3) is 3.43. The van der Waals surface area contributed by atoms with Crippen molar-refractivity contribution in [3.05, 3.63) is 0 Å². The summed E-state index contributed by atoms with van der Waals surface area (Å²) >= 11 is 0. The summed E-state index contributed by atoms with van der Waals surface area (Å²) < 4.78 is 25.3. The molecule has 0 aromatic heterocycles. The van der Waals surface area contributed by atoms with Gasteiger partial charge in [0.15, 0.2) is 5.25 Å². The molecule has 0 radical (unpaired) electrons. The minimum Gasteiger partial charge on any atom is -0.480 e. The Labute approximate surface area is 112 Å². The predicted octanol–water partition coefficient (Wildman–Crippen LogP) is -1.80. The molecular formula is C10H19N3O5S. The van der Waals surface area contributed by atoms with E-state index >= 15 is 0 Å². The fraction of sp³-hybridized carbons (Fsp3) is 0.800. The number of carbonyl (C=O) groups excluding carboxylic acids is 1. The van der Waals surface area contributed by atoms with E-state index in [1.165, 1.54) is 0 Å². The number of nitrogens with zero attached hydrogens (tertiary/aromatic N) is 1. The van der Waals surface area contributed by atoms with E-state index in [0.717, 1.165) is 11.2 Å². The fourth-order valence-corrected chi connectivity index (χ4v) is 3.37. The Hall–Kier alpha value is -1.19. The number of nitrogens with one attached hydrogen (secondary N) is 2. The second-order valence-corrected chi connectivity index (χ2v) is 6.46. The molecule has 1 saturated heterocycles. The van der Waals surface area contributed by atoms with Crippen molar-refractivity contribution in [2.45, 2.75) is 25.1 Å². The van der Waals surface area contributed by atoms with Gasteiger partial charge in [0.2, 0.25) is 15.9 Å². The Balaban J connectivity index is 3.00. The quantitative estimate of drug-likeness (QED) is 0.551. The van der Waals surface area contributed by atoms with Crippen LogP contribution in [0, 0.1) is 0 Å². The van der Waals surface area contributed by atoms with Gasteiger partial charge in [-0.05, 0) is 13.8 Å². The zero-order valence-electron chi connectivity index (χ0n) is 10.9. The number of carboxylic acid groups (broad SMARTS) is 1. The molecule has 0 aromatic rings. The summed E-state index contributed by atoms with van der Waals surface area (Å²) in [5, 5.41) is 12.8. The van der Waals surface area contributed by atoms with Crippen molar-refractivity contribution in [2.75, 3.05) is 26.2 Å². The van der Waals surface area contributed by atoms with Crippen molar-refractivity contribution < 1.29 is 23.1 Å². The van der Waals surface area contributed by atoms with Gasteiger partial charge in [0, 0.05) is 26.2 Å². The second-order valence-electron chi connectivity index (χ2n) is 4.25. The van der Waals surface area contributed by atoms with E-state index in [-0.39, 0.29) is 13.1 Å². The van der Waals surface area contributed by atoms with Gasteiger partial charge in [0.05, 0.1) is 0 Å². The van der Waals surface area contributed by atoms with Crippen LogP contribution in [0.15, 0.2) is 0 Å². The smallest absolute Gasteiger partial charge is 0.323 e. The summed E-state index contributed by atoms with van der Waals surface area (Å²) in [5.74, 6) is -1.84. The molecule has 9 heteroatoms. The molecule has 0 aromatic carbocycles. The van der Waals surface area contributed by atoms with E-state index in [2.05, 4.69) is 10.6 Å². The Morgan fingerprint density at radius 2 is 2.16 bits per heavy atom. The Morgan fingerprint density at radius 1 is 1.53 bits per heavy atom. The van der Waals surface area contributed by atoms with Gasteiger partial charge >= 0.3 is 5.97 Å². The highest BCUT2D eigenvalue weighted by molar-refractivity contribution is 7.90. The largest absolute Gasteiger partial charge is 0.480 e. The monoisotopic (exact) mass is 293 g/mol. The highest BCUT2D eigenvalue weighted by atomic mass is 32.2. The van der Waals surface area contributed by atoms with Crippen LogP contribution in [0.2, 0.25) is 0 Å². The zero-order chi connectivity index (χ0) is 14.6. The SMILES string of the molecule is CCNC(=O)C1CNCCN1S(=O)(=O)C(C)C(=O)O. The van der Waals surface area contributed by atoms with Gasteiger partial charge in [-0.3, -0.25) is 9.59 Å². The summed E-state index contributed by atoms with van der Waals surface area (Å²) in [4.78, 5) is 22.7. The van der Waals surface area contributed by atoms with E-state index in [0.29, 0.717) is 13.1 Å². The standard InChI is InChI=1S/C10H19N3O5S/c1-3-12-9(14)8-6-11-4-5-13(8)19(17,18)7(2)10(15)16/h7-8,11H,3-6H2,1-2H3,(H,12,14)(H,15,16). The van der Waals surface area contributed by atoms with Crippen LogP contribution >= 0.6 is 0 Å². The van der Waals surface area contributed by atoms with Crippen LogP contribution in [-0.4, -0.2) is 67.2 Å². The predicted molar refractivity (Wildman–Crippen MR) is 68.1 cm³/mol. The number of sulfonamides is 1. The summed E-state index contributed by atoms with van der Waals surface area (Å²) in [6.45, 7) is 3.87. The van der Waals surface area contributed by atoms with Gasteiger partial charge in [0.25, 0.3) is 0 Å². The van der Waals surface area contributed by atoms with Crippen LogP contribution < -0.4 is 10.6 Å². The lowest BCUT2D eigenvalue weighted by atomic mass is 10.2. The molecule has 0 aliphatic carbocycles. The molecule has 0 saturated carbocycles. The molecule has 2 atom stereocenters. The van der Waals surface area contributed by atoms with E-state index in [9.17, 15) is 18.0 Å². The third-order valence-electron chi connectivity index (χ3n) is 2.97. The van der Waals surface area contributed by atoms with Crippen LogP contribution in [0.3, 0.4) is 0 Å². The first-order chi connectivity index (χ1) is 8.82. The molecule has 19 heavy (non-hydrogen) atoms. The number of carbonyl (C=O) groups is 2. The molecule has 0 spiro atoms. The summed E-state index contributed by atoms with van der Waals surface area (Å²) in [6, 6.07) is -0.902. The minimum absolute atomic E-state index is 0.0851. The molecular weight excluding hydrogens is 274 g/mol. The maximum absolute atomic E-state index is 12.2. The normalized spacial score (nSPS) is 22.7. The summed E-state index contributed by atoms with van der Waals surface area (Å²) in [7, 11) is -4.04. The third-order valence-corrected chi connectivity index (χ3v) is 5.16. The van der Waals surface area contributed by atoms with Crippen molar-refractivity contribution >= 4 is 21.9 Å². The number of hydrogen-bond acceptors (Lipinski definition) is 5. The lowest BCUT2D eigenvalue weighted by Gasteiger charge is -2.35. The maximum Gasteiger partial charge on any atom is 0.323 e. The Bertz CT molecular complexity index is 450. The van der Waals surface area contributed by atoms with Crippen molar-refractivity contribution in [1.82, 2.24) is 14.9 Å². The molecule has 2 unspecified atom stereocenters. The van der Waals surface area contributed by atoms with Gasteiger partial charge in [0.1, 0.15) is 6.04 Å². The molecule has 3 N–H and O–H groups in total. The van der Waals surface area contributed by atoms with Gasteiger partial charge in [-0.25, -0.2) is 8.42 Å². The van der Waals surface area contributed by atoms with Gasteiger partial charge in [-0.2, -0.15) is 4.31 Å². The first-order valence-electron chi connectivity index (χ1n) is 6.04. The molecule has 1 aliphatic rings. The van der Waals surface area contributed by atoms with E-state index in [1.54, 1.807) is 6.92 Å². The number of likely N-dealkylation sites (N-methyl/N-ethyl adjacent to an activating group) is 1. The Morgan fingerprint density at radius 3 is 2.68 bits per heavy atom. The molecule has 110 valence electrons. The van der Waals surface area contributed by atoms with Crippen molar-refractivity contribution in [1.29, 1.82) is 0 Å². The first-order valence-corrected chi connectivity index (χ1v) is 7.54. The first kappa shape index (κ1) is 15.9. The van der Waals surface area contributed by atoms with Gasteiger partial charge < -0.3 is 15.7 Å². The lowest BCUT2D eigenvalue weighted by Crippen LogP contribution is -2.61. The van der Waals surface area contributed by atoms with Crippen LogP contribution in [0.4, 0.5) is 0 Å². The maximum atomic E-state index is 12.2. The minimum atomic E-state index is -4.04. The number of hydrogen-bond donors (Lipinski definition) is 3. The number of piperazine rings is 1. The van der Waals surface area contributed by atoms with Crippen LogP contribution in [-0.2, 0) is 19.6 Å². The summed E-state index contributed by atoms with van der Waals surface area (Å²) in [5.41, 5.74) is 0. The number of amides is 1.